The highest BCUT2D eigenvalue weighted by molar-refractivity contribution is 9.11. The molecule has 3 aromatic rings. The molecule has 5 nitrogen and oxygen atoms in total. The van der Waals surface area contributed by atoms with Gasteiger partial charge in [0.2, 0.25) is 0 Å². The minimum atomic E-state index is -0.857. The van der Waals surface area contributed by atoms with Crippen LogP contribution < -0.4 is 5.32 Å². The molecule has 0 amide bonds. The number of aromatic amines is 1. The summed E-state index contributed by atoms with van der Waals surface area (Å²) in [6.45, 7) is 0. The fourth-order valence-electron chi connectivity index (χ4n) is 3.25. The minimum Gasteiger partial charge on any atom is -0.480 e. The van der Waals surface area contributed by atoms with Crippen LogP contribution in [0.3, 0.4) is 0 Å². The smallest absolute Gasteiger partial charge is 0.321 e. The predicted molar refractivity (Wildman–Crippen MR) is 98.0 cm³/mol. The van der Waals surface area contributed by atoms with E-state index in [1.165, 1.54) is 0 Å². The van der Waals surface area contributed by atoms with E-state index in [4.69, 9.17) is 0 Å². The van der Waals surface area contributed by atoms with Crippen molar-refractivity contribution in [3.05, 3.63) is 62.4 Å². The van der Waals surface area contributed by atoms with E-state index < -0.39 is 12.0 Å². The van der Waals surface area contributed by atoms with Crippen molar-refractivity contribution >= 4 is 48.7 Å². The van der Waals surface area contributed by atoms with Gasteiger partial charge in [-0.1, -0.05) is 18.2 Å². The van der Waals surface area contributed by atoms with Gasteiger partial charge >= 0.3 is 5.97 Å². The Balaban J connectivity index is 1.92. The number of carboxylic acids is 1. The molecular formula is C17H13Br2N3O2. The molecule has 4 rings (SSSR count). The van der Waals surface area contributed by atoms with E-state index >= 15 is 0 Å². The van der Waals surface area contributed by atoms with Crippen molar-refractivity contribution in [2.45, 2.75) is 18.5 Å². The summed E-state index contributed by atoms with van der Waals surface area (Å²) in [7, 11) is 0. The van der Waals surface area contributed by atoms with Gasteiger partial charge in [0.1, 0.15) is 6.04 Å². The number of aliphatic carboxylic acids is 1. The van der Waals surface area contributed by atoms with Crippen molar-refractivity contribution < 1.29 is 9.90 Å². The third-order valence-electron chi connectivity index (χ3n) is 4.32. The van der Waals surface area contributed by atoms with Crippen LogP contribution in [0.2, 0.25) is 0 Å². The van der Waals surface area contributed by atoms with Gasteiger partial charge in [-0.05, 0) is 49.6 Å². The van der Waals surface area contributed by atoms with Gasteiger partial charge in [0.15, 0.2) is 0 Å². The summed E-state index contributed by atoms with van der Waals surface area (Å²) in [4.78, 5) is 19.6. The quantitative estimate of drug-likeness (QED) is 0.555. The van der Waals surface area contributed by atoms with Gasteiger partial charge in [0, 0.05) is 38.2 Å². The number of carboxylic acid groups (broad SMARTS) is 1. The van der Waals surface area contributed by atoms with Crippen LogP contribution in [-0.2, 0) is 11.2 Å². The van der Waals surface area contributed by atoms with E-state index in [1.807, 2.05) is 30.3 Å². The lowest BCUT2D eigenvalue weighted by molar-refractivity contribution is -0.139. The topological polar surface area (TPSA) is 78.0 Å². The van der Waals surface area contributed by atoms with Crippen molar-refractivity contribution in [3.8, 4) is 0 Å². The van der Waals surface area contributed by atoms with E-state index in [1.54, 1.807) is 6.20 Å². The van der Waals surface area contributed by atoms with Gasteiger partial charge < -0.3 is 10.1 Å². The number of pyridine rings is 1. The summed E-state index contributed by atoms with van der Waals surface area (Å²) in [5, 5.41) is 13.8. The van der Waals surface area contributed by atoms with E-state index in [9.17, 15) is 9.90 Å². The van der Waals surface area contributed by atoms with Crippen LogP contribution in [0, 0.1) is 0 Å². The first kappa shape index (κ1) is 15.8. The average Bonchev–Trinajstić information content (AvgIpc) is 2.93. The Bertz CT molecular complexity index is 954. The monoisotopic (exact) mass is 449 g/mol. The molecule has 0 unspecified atom stereocenters. The van der Waals surface area contributed by atoms with E-state index in [0.717, 1.165) is 36.8 Å². The van der Waals surface area contributed by atoms with Crippen LogP contribution in [0.4, 0.5) is 0 Å². The molecule has 0 fully saturated rings. The van der Waals surface area contributed by atoms with E-state index in [-0.39, 0.29) is 6.04 Å². The van der Waals surface area contributed by atoms with Crippen molar-refractivity contribution in [1.82, 2.24) is 15.3 Å². The number of hydrogen-bond donors (Lipinski definition) is 3. The minimum absolute atomic E-state index is 0.315. The van der Waals surface area contributed by atoms with Crippen LogP contribution >= 0.6 is 31.9 Å². The lowest BCUT2D eigenvalue weighted by atomic mass is 9.92. The van der Waals surface area contributed by atoms with Gasteiger partial charge in [0.25, 0.3) is 0 Å². The maximum absolute atomic E-state index is 11.6. The number of hydrogen-bond acceptors (Lipinski definition) is 3. The van der Waals surface area contributed by atoms with Crippen LogP contribution in [0.25, 0.3) is 10.9 Å². The standard InChI is InChI=1S/C17H13Br2N3O2/c18-8-5-11(19)15(20-7-8)16-14-10(6-13(22-16)17(23)24)9-3-1-2-4-12(9)21-14/h1-5,7,13,16,21-22H,6H2,(H,23,24)/t13-,16+/m0/s1. The van der Waals surface area contributed by atoms with E-state index in [2.05, 4.69) is 47.1 Å². The fraction of sp³-hybridized carbons (Fsp3) is 0.176. The Labute approximate surface area is 154 Å². The summed E-state index contributed by atoms with van der Waals surface area (Å²) in [6.07, 6.45) is 2.16. The Morgan fingerprint density at radius 1 is 1.29 bits per heavy atom. The molecular weight excluding hydrogens is 438 g/mol. The zero-order valence-electron chi connectivity index (χ0n) is 12.4. The number of rotatable bonds is 2. The summed E-state index contributed by atoms with van der Waals surface area (Å²) in [5.74, 6) is -0.857. The second-order valence-corrected chi connectivity index (χ2v) is 7.55. The number of carbonyl (C=O) groups is 1. The highest BCUT2D eigenvalue weighted by Gasteiger charge is 2.35. The van der Waals surface area contributed by atoms with Gasteiger partial charge in [-0.2, -0.15) is 0 Å². The molecule has 24 heavy (non-hydrogen) atoms. The highest BCUT2D eigenvalue weighted by Crippen LogP contribution is 2.37. The van der Waals surface area contributed by atoms with Gasteiger partial charge in [-0.15, -0.1) is 0 Å². The lowest BCUT2D eigenvalue weighted by Gasteiger charge is -2.29. The number of para-hydroxylation sites is 1. The van der Waals surface area contributed by atoms with Crippen molar-refractivity contribution in [1.29, 1.82) is 0 Å². The second-order valence-electron chi connectivity index (χ2n) is 5.78. The van der Waals surface area contributed by atoms with Crippen LogP contribution in [0.1, 0.15) is 23.0 Å². The molecule has 0 saturated heterocycles. The molecule has 2 atom stereocenters. The third-order valence-corrected chi connectivity index (χ3v) is 5.39. The third kappa shape index (κ3) is 2.56. The maximum Gasteiger partial charge on any atom is 0.321 e. The Morgan fingerprint density at radius 2 is 2.08 bits per heavy atom. The highest BCUT2D eigenvalue weighted by atomic mass is 79.9. The van der Waals surface area contributed by atoms with Gasteiger partial charge in [-0.3, -0.25) is 15.1 Å². The molecule has 122 valence electrons. The second kappa shape index (κ2) is 5.98. The summed E-state index contributed by atoms with van der Waals surface area (Å²) in [5.41, 5.74) is 3.79. The zero-order chi connectivity index (χ0) is 16.8. The first-order valence-electron chi connectivity index (χ1n) is 7.44. The molecule has 3 heterocycles. The molecule has 0 radical (unpaired) electrons. The van der Waals surface area contributed by atoms with Crippen molar-refractivity contribution in [2.75, 3.05) is 0 Å². The van der Waals surface area contributed by atoms with Crippen LogP contribution in [0.5, 0.6) is 0 Å². The molecule has 0 bridgehead atoms. The largest absolute Gasteiger partial charge is 0.480 e. The van der Waals surface area contributed by atoms with E-state index in [0.29, 0.717) is 6.42 Å². The Morgan fingerprint density at radius 3 is 2.83 bits per heavy atom. The number of H-pyrrole nitrogens is 1. The Hall–Kier alpha value is -1.70. The zero-order valence-corrected chi connectivity index (χ0v) is 15.6. The molecule has 0 spiro atoms. The SMILES string of the molecule is O=C(O)[C@@H]1Cc2c([nH]c3ccccc23)[C@H](c2ncc(Br)cc2Br)N1. The van der Waals surface area contributed by atoms with Gasteiger partial charge in [0.05, 0.1) is 11.7 Å². The van der Waals surface area contributed by atoms with Crippen molar-refractivity contribution in [3.63, 3.8) is 0 Å². The number of aromatic nitrogens is 2. The molecule has 1 aliphatic heterocycles. The van der Waals surface area contributed by atoms with Crippen LogP contribution in [0.15, 0.2) is 45.5 Å². The number of fused-ring (bicyclic) bond motifs is 3. The van der Waals surface area contributed by atoms with Crippen LogP contribution in [-0.4, -0.2) is 27.1 Å². The normalized spacial score (nSPS) is 20.1. The maximum atomic E-state index is 11.6. The number of halogens is 2. The molecule has 1 aromatic carbocycles. The first-order chi connectivity index (χ1) is 11.5. The lowest BCUT2D eigenvalue weighted by Crippen LogP contribution is -2.45. The molecule has 7 heteroatoms. The molecule has 0 aliphatic carbocycles. The molecule has 3 N–H and O–H groups in total. The fourth-order valence-corrected chi connectivity index (χ4v) is 4.46. The first-order valence-corrected chi connectivity index (χ1v) is 9.02. The number of benzene rings is 1. The number of nitrogens with one attached hydrogen (secondary N) is 2. The predicted octanol–water partition coefficient (Wildman–Crippen LogP) is 3.78. The molecule has 1 aliphatic rings. The molecule has 0 saturated carbocycles. The summed E-state index contributed by atoms with van der Waals surface area (Å²) < 4.78 is 1.69. The van der Waals surface area contributed by atoms with Gasteiger partial charge in [-0.25, -0.2) is 0 Å². The summed E-state index contributed by atoms with van der Waals surface area (Å²) in [6, 6.07) is 8.91. The molecule has 2 aromatic heterocycles. The average molecular weight is 451 g/mol. The summed E-state index contributed by atoms with van der Waals surface area (Å²) >= 11 is 6.94. The van der Waals surface area contributed by atoms with Crippen molar-refractivity contribution in [2.24, 2.45) is 0 Å². The Kier molecular flexibility index (Phi) is 3.94. The number of nitrogens with zero attached hydrogens (tertiary/aromatic N) is 1.